The van der Waals surface area contributed by atoms with Crippen LogP contribution in [0.25, 0.3) is 0 Å². The van der Waals surface area contributed by atoms with Gasteiger partial charge in [0, 0.05) is 23.6 Å². The molecule has 2 unspecified atom stereocenters. The molecule has 2 aliphatic rings. The van der Waals surface area contributed by atoms with Crippen LogP contribution in [0.4, 0.5) is 0 Å². The number of hydrogen-bond donors (Lipinski definition) is 1. The van der Waals surface area contributed by atoms with Crippen molar-refractivity contribution in [1.29, 1.82) is 0 Å². The van der Waals surface area contributed by atoms with Gasteiger partial charge in [-0.2, -0.15) is 0 Å². The average molecular weight is 304 g/mol. The first kappa shape index (κ1) is 15.6. The molecule has 1 saturated heterocycles. The van der Waals surface area contributed by atoms with Gasteiger partial charge in [-0.25, -0.2) is 0 Å². The number of hydrogen-bond acceptors (Lipinski definition) is 4. The van der Waals surface area contributed by atoms with E-state index in [1.54, 1.807) is 7.11 Å². The number of ether oxygens (including phenoxy) is 2. The van der Waals surface area contributed by atoms with E-state index in [1.165, 1.54) is 12.0 Å². The number of rotatable bonds is 5. The third-order valence-corrected chi connectivity index (χ3v) is 5.26. The predicted molar refractivity (Wildman–Crippen MR) is 88.7 cm³/mol. The molecule has 1 aromatic rings. The highest BCUT2D eigenvalue weighted by Crippen LogP contribution is 2.55. The normalized spacial score (nSPS) is 25.5. The first-order valence-corrected chi connectivity index (χ1v) is 8.35. The summed E-state index contributed by atoms with van der Waals surface area (Å²) in [6, 6.07) is 6.34. The Morgan fingerprint density at radius 2 is 2.14 bits per heavy atom. The minimum Gasteiger partial charge on any atom is -0.493 e. The summed E-state index contributed by atoms with van der Waals surface area (Å²) in [5, 5.41) is 0. The summed E-state index contributed by atoms with van der Waals surface area (Å²) in [4.78, 5) is 2.34. The molecule has 0 bridgehead atoms. The Morgan fingerprint density at radius 3 is 2.73 bits per heavy atom. The molecule has 0 amide bonds. The highest BCUT2D eigenvalue weighted by molar-refractivity contribution is 5.53. The van der Waals surface area contributed by atoms with Crippen molar-refractivity contribution in [2.24, 2.45) is 5.73 Å². The zero-order valence-electron chi connectivity index (χ0n) is 14.0. The van der Waals surface area contributed by atoms with E-state index in [-0.39, 0.29) is 17.6 Å². The Bertz CT molecular complexity index is 526. The standard InChI is InChI=1S/C18H28N2O2/c1-13(19)18(9-10-18)15-7-4-8-16(21-3)17(15)22-14-6-5-11-20(2)12-14/h4,7-8,13-14H,5-6,9-12,19H2,1-3H3. The van der Waals surface area contributed by atoms with Gasteiger partial charge in [0.1, 0.15) is 6.10 Å². The molecule has 1 aliphatic heterocycles. The van der Waals surface area contributed by atoms with Gasteiger partial charge in [0.15, 0.2) is 11.5 Å². The number of para-hydroxylation sites is 1. The zero-order chi connectivity index (χ0) is 15.7. The molecule has 122 valence electrons. The Hall–Kier alpha value is -1.26. The number of likely N-dealkylation sites (N-methyl/N-ethyl adjacent to an activating group) is 1. The molecule has 4 nitrogen and oxygen atoms in total. The lowest BCUT2D eigenvalue weighted by Crippen LogP contribution is -2.39. The van der Waals surface area contributed by atoms with Crippen molar-refractivity contribution in [3.05, 3.63) is 23.8 Å². The van der Waals surface area contributed by atoms with Crippen molar-refractivity contribution < 1.29 is 9.47 Å². The van der Waals surface area contributed by atoms with Crippen LogP contribution in [-0.2, 0) is 5.41 Å². The van der Waals surface area contributed by atoms with Crippen LogP contribution >= 0.6 is 0 Å². The molecule has 3 rings (SSSR count). The van der Waals surface area contributed by atoms with E-state index in [1.807, 2.05) is 6.07 Å². The molecule has 22 heavy (non-hydrogen) atoms. The van der Waals surface area contributed by atoms with E-state index in [0.29, 0.717) is 0 Å². The smallest absolute Gasteiger partial charge is 0.165 e. The fourth-order valence-electron chi connectivity index (χ4n) is 3.68. The molecule has 1 saturated carbocycles. The van der Waals surface area contributed by atoms with Gasteiger partial charge in [0.05, 0.1) is 7.11 Å². The average Bonchev–Trinajstić information content (AvgIpc) is 3.29. The summed E-state index contributed by atoms with van der Waals surface area (Å²) >= 11 is 0. The van der Waals surface area contributed by atoms with Crippen LogP contribution in [0.15, 0.2) is 18.2 Å². The largest absolute Gasteiger partial charge is 0.493 e. The van der Waals surface area contributed by atoms with E-state index >= 15 is 0 Å². The second kappa shape index (κ2) is 6.09. The predicted octanol–water partition coefficient (Wildman–Crippen LogP) is 2.55. The first-order valence-electron chi connectivity index (χ1n) is 8.35. The molecule has 0 aromatic heterocycles. The van der Waals surface area contributed by atoms with Crippen molar-refractivity contribution >= 4 is 0 Å². The van der Waals surface area contributed by atoms with Crippen LogP contribution in [0.3, 0.4) is 0 Å². The Balaban J connectivity index is 1.91. The summed E-state index contributed by atoms with van der Waals surface area (Å²) < 4.78 is 12.0. The number of nitrogens with zero attached hydrogens (tertiary/aromatic N) is 1. The quantitative estimate of drug-likeness (QED) is 0.908. The zero-order valence-corrected chi connectivity index (χ0v) is 14.0. The summed E-state index contributed by atoms with van der Waals surface area (Å²) in [5.41, 5.74) is 7.58. The van der Waals surface area contributed by atoms with Crippen LogP contribution in [0, 0.1) is 0 Å². The monoisotopic (exact) mass is 304 g/mol. The Kier molecular flexibility index (Phi) is 4.33. The maximum Gasteiger partial charge on any atom is 0.165 e. The summed E-state index contributed by atoms with van der Waals surface area (Å²) in [5.74, 6) is 1.75. The van der Waals surface area contributed by atoms with Crippen molar-refractivity contribution in [3.8, 4) is 11.5 Å². The summed E-state index contributed by atoms with van der Waals surface area (Å²) in [6.07, 6.45) is 4.80. The molecule has 1 aromatic carbocycles. The number of benzene rings is 1. The van der Waals surface area contributed by atoms with Gasteiger partial charge in [-0.1, -0.05) is 12.1 Å². The van der Waals surface area contributed by atoms with Gasteiger partial charge in [-0.05, 0) is 52.3 Å². The third kappa shape index (κ3) is 2.82. The fourth-order valence-corrected chi connectivity index (χ4v) is 3.68. The van der Waals surface area contributed by atoms with Crippen molar-refractivity contribution in [1.82, 2.24) is 4.90 Å². The SMILES string of the molecule is COc1cccc(C2(C(C)N)CC2)c1OC1CCCN(C)C1. The molecular weight excluding hydrogens is 276 g/mol. The molecule has 0 spiro atoms. The van der Waals surface area contributed by atoms with E-state index < -0.39 is 0 Å². The molecule has 2 N–H and O–H groups in total. The summed E-state index contributed by atoms with van der Waals surface area (Å²) in [6.45, 7) is 4.23. The van der Waals surface area contributed by atoms with Crippen LogP contribution in [-0.4, -0.2) is 44.3 Å². The topological polar surface area (TPSA) is 47.7 Å². The number of nitrogens with two attached hydrogens (primary N) is 1. The maximum atomic E-state index is 6.43. The van der Waals surface area contributed by atoms with Gasteiger partial charge in [0.25, 0.3) is 0 Å². The second-order valence-electron chi connectivity index (χ2n) is 6.93. The molecule has 4 heteroatoms. The van der Waals surface area contributed by atoms with Gasteiger partial charge in [0.2, 0.25) is 0 Å². The molecule has 2 fully saturated rings. The number of piperidine rings is 1. The lowest BCUT2D eigenvalue weighted by Gasteiger charge is -2.32. The van der Waals surface area contributed by atoms with Crippen molar-refractivity contribution in [3.63, 3.8) is 0 Å². The van der Waals surface area contributed by atoms with Crippen LogP contribution < -0.4 is 15.2 Å². The minimum absolute atomic E-state index is 0.0739. The van der Waals surface area contributed by atoms with Gasteiger partial charge >= 0.3 is 0 Å². The maximum absolute atomic E-state index is 6.43. The fraction of sp³-hybridized carbons (Fsp3) is 0.667. The van der Waals surface area contributed by atoms with E-state index in [9.17, 15) is 0 Å². The highest BCUT2D eigenvalue weighted by atomic mass is 16.5. The molecule has 1 aliphatic carbocycles. The summed E-state index contributed by atoms with van der Waals surface area (Å²) in [7, 11) is 3.87. The van der Waals surface area contributed by atoms with Crippen molar-refractivity contribution in [2.75, 3.05) is 27.2 Å². The van der Waals surface area contributed by atoms with Crippen molar-refractivity contribution in [2.45, 2.75) is 50.2 Å². The second-order valence-corrected chi connectivity index (χ2v) is 6.93. The third-order valence-electron chi connectivity index (χ3n) is 5.26. The molecule has 2 atom stereocenters. The number of methoxy groups -OCH3 is 1. The molecular formula is C18H28N2O2. The Labute approximate surface area is 133 Å². The van der Waals surface area contributed by atoms with Crippen LogP contribution in [0.1, 0.15) is 38.2 Å². The van der Waals surface area contributed by atoms with E-state index in [2.05, 4.69) is 31.0 Å². The van der Waals surface area contributed by atoms with Gasteiger partial charge in [-0.15, -0.1) is 0 Å². The van der Waals surface area contributed by atoms with E-state index in [0.717, 1.165) is 43.9 Å². The molecule has 0 radical (unpaired) electrons. The van der Waals surface area contributed by atoms with Crippen LogP contribution in [0.2, 0.25) is 0 Å². The van der Waals surface area contributed by atoms with Gasteiger partial charge < -0.3 is 20.1 Å². The minimum atomic E-state index is 0.0739. The first-order chi connectivity index (χ1) is 10.6. The highest BCUT2D eigenvalue weighted by Gasteiger charge is 2.49. The lowest BCUT2D eigenvalue weighted by molar-refractivity contribution is 0.0995. The lowest BCUT2D eigenvalue weighted by atomic mass is 9.88. The number of likely N-dealkylation sites (tertiary alicyclic amines) is 1. The van der Waals surface area contributed by atoms with Gasteiger partial charge in [-0.3, -0.25) is 0 Å². The Morgan fingerprint density at radius 1 is 1.36 bits per heavy atom. The van der Waals surface area contributed by atoms with Crippen LogP contribution in [0.5, 0.6) is 11.5 Å². The molecule has 1 heterocycles. The van der Waals surface area contributed by atoms with E-state index in [4.69, 9.17) is 15.2 Å².